The summed E-state index contributed by atoms with van der Waals surface area (Å²) in [6.45, 7) is 14.3. The van der Waals surface area contributed by atoms with Crippen LogP contribution in [-0.4, -0.2) is 29.7 Å². The van der Waals surface area contributed by atoms with Crippen molar-refractivity contribution < 1.29 is 13.9 Å². The maximum absolute atomic E-state index is 13.8. The Bertz CT molecular complexity index is 561. The van der Waals surface area contributed by atoms with Crippen molar-refractivity contribution in [1.82, 2.24) is 4.90 Å². The Morgan fingerprint density at radius 3 is 2.22 bits per heavy atom. The molecule has 2 rings (SSSR count). The van der Waals surface area contributed by atoms with Crippen LogP contribution in [0.5, 0.6) is 0 Å². The second kappa shape index (κ2) is 8.14. The standard InChI is InChI=1S/C17H22FNO2.C2H6/c1-5-12-10-13-6-8-19(16(20)21-17(2,3)4)9-7-14(13)11-15(12)18;1-2/h5,10-11H,1,6-9H2,2-4H3;1-2H3. The average molecular weight is 321 g/mol. The van der Waals surface area contributed by atoms with Crippen LogP contribution in [0.3, 0.4) is 0 Å². The Balaban J connectivity index is 0.00000127. The zero-order chi connectivity index (χ0) is 17.6. The molecule has 0 aromatic heterocycles. The lowest BCUT2D eigenvalue weighted by Gasteiger charge is -2.26. The molecule has 0 unspecified atom stereocenters. The third-order valence-corrected chi connectivity index (χ3v) is 3.49. The zero-order valence-corrected chi connectivity index (χ0v) is 14.9. The van der Waals surface area contributed by atoms with E-state index in [0.29, 0.717) is 31.5 Å². The van der Waals surface area contributed by atoms with E-state index in [4.69, 9.17) is 4.74 Å². The first-order valence-corrected chi connectivity index (χ1v) is 8.22. The van der Waals surface area contributed by atoms with Gasteiger partial charge in [0.05, 0.1) is 0 Å². The number of hydrogen-bond donors (Lipinski definition) is 0. The lowest BCUT2D eigenvalue weighted by molar-refractivity contribution is 0.0258. The molecular weight excluding hydrogens is 293 g/mol. The third-order valence-electron chi connectivity index (χ3n) is 3.49. The van der Waals surface area contributed by atoms with E-state index in [-0.39, 0.29) is 11.9 Å². The van der Waals surface area contributed by atoms with Gasteiger partial charge in [0.2, 0.25) is 0 Å². The van der Waals surface area contributed by atoms with Crippen LogP contribution in [0.25, 0.3) is 6.08 Å². The number of halogens is 1. The molecule has 1 aromatic carbocycles. The normalized spacial score (nSPS) is 14.1. The number of carbonyl (C=O) groups is 1. The Labute approximate surface area is 139 Å². The molecule has 1 heterocycles. The van der Waals surface area contributed by atoms with Crippen molar-refractivity contribution in [3.05, 3.63) is 41.2 Å². The molecule has 0 radical (unpaired) electrons. The van der Waals surface area contributed by atoms with Crippen molar-refractivity contribution in [2.24, 2.45) is 0 Å². The zero-order valence-electron chi connectivity index (χ0n) is 14.9. The number of carbonyl (C=O) groups excluding carboxylic acids is 1. The van der Waals surface area contributed by atoms with Gasteiger partial charge in [0, 0.05) is 18.7 Å². The number of benzene rings is 1. The predicted octanol–water partition coefficient (Wildman–Crippen LogP) is 4.83. The Hall–Kier alpha value is -1.84. The molecule has 0 spiro atoms. The highest BCUT2D eigenvalue weighted by Crippen LogP contribution is 2.22. The second-order valence-corrected chi connectivity index (χ2v) is 6.31. The van der Waals surface area contributed by atoms with Gasteiger partial charge in [0.1, 0.15) is 11.4 Å². The highest BCUT2D eigenvalue weighted by molar-refractivity contribution is 5.68. The van der Waals surface area contributed by atoms with E-state index in [1.165, 1.54) is 6.08 Å². The van der Waals surface area contributed by atoms with Crippen molar-refractivity contribution >= 4 is 12.2 Å². The smallest absolute Gasteiger partial charge is 0.410 e. The summed E-state index contributed by atoms with van der Waals surface area (Å²) >= 11 is 0. The van der Waals surface area contributed by atoms with Gasteiger partial charge in [-0.25, -0.2) is 9.18 Å². The molecule has 0 atom stereocenters. The number of amides is 1. The summed E-state index contributed by atoms with van der Waals surface area (Å²) in [4.78, 5) is 13.8. The Morgan fingerprint density at radius 1 is 1.22 bits per heavy atom. The largest absolute Gasteiger partial charge is 0.444 e. The second-order valence-electron chi connectivity index (χ2n) is 6.31. The summed E-state index contributed by atoms with van der Waals surface area (Å²) in [5, 5.41) is 0. The number of rotatable bonds is 1. The maximum atomic E-state index is 13.8. The quantitative estimate of drug-likeness (QED) is 0.741. The topological polar surface area (TPSA) is 29.5 Å². The van der Waals surface area contributed by atoms with Crippen LogP contribution in [0.4, 0.5) is 9.18 Å². The summed E-state index contributed by atoms with van der Waals surface area (Å²) < 4.78 is 19.2. The van der Waals surface area contributed by atoms with Crippen LogP contribution in [0.15, 0.2) is 18.7 Å². The van der Waals surface area contributed by atoms with Gasteiger partial charge in [-0.3, -0.25) is 0 Å². The minimum Gasteiger partial charge on any atom is -0.444 e. The third kappa shape index (κ3) is 5.38. The predicted molar refractivity (Wildman–Crippen MR) is 93.1 cm³/mol. The van der Waals surface area contributed by atoms with Gasteiger partial charge >= 0.3 is 6.09 Å². The molecule has 1 aliphatic rings. The van der Waals surface area contributed by atoms with Gasteiger partial charge in [-0.1, -0.05) is 26.5 Å². The van der Waals surface area contributed by atoms with Gasteiger partial charge in [-0.15, -0.1) is 0 Å². The van der Waals surface area contributed by atoms with Gasteiger partial charge in [0.15, 0.2) is 0 Å². The summed E-state index contributed by atoms with van der Waals surface area (Å²) in [5.74, 6) is -0.255. The van der Waals surface area contributed by atoms with Gasteiger partial charge in [-0.05, 0) is 56.9 Å². The molecule has 23 heavy (non-hydrogen) atoms. The number of nitrogens with zero attached hydrogens (tertiary/aromatic N) is 1. The minimum atomic E-state index is -0.502. The van der Waals surface area contributed by atoms with Gasteiger partial charge in [0.25, 0.3) is 0 Å². The van der Waals surface area contributed by atoms with E-state index in [2.05, 4.69) is 6.58 Å². The van der Waals surface area contributed by atoms with Crippen LogP contribution in [-0.2, 0) is 17.6 Å². The SMILES string of the molecule is C=Cc1cc2c(cc1F)CCN(C(=O)OC(C)(C)C)CC2.CC. The molecule has 0 N–H and O–H groups in total. The lowest BCUT2D eigenvalue weighted by atomic mass is 9.99. The Morgan fingerprint density at radius 2 is 1.74 bits per heavy atom. The summed E-state index contributed by atoms with van der Waals surface area (Å²) in [6, 6.07) is 3.39. The summed E-state index contributed by atoms with van der Waals surface area (Å²) in [7, 11) is 0. The molecule has 1 aliphatic heterocycles. The first-order valence-electron chi connectivity index (χ1n) is 8.22. The van der Waals surface area contributed by atoms with Crippen molar-refractivity contribution in [3.8, 4) is 0 Å². The number of ether oxygens (including phenoxy) is 1. The van der Waals surface area contributed by atoms with E-state index >= 15 is 0 Å². The van der Waals surface area contributed by atoms with Crippen LogP contribution >= 0.6 is 0 Å². The van der Waals surface area contributed by atoms with Crippen LogP contribution in [0.2, 0.25) is 0 Å². The summed E-state index contributed by atoms with van der Waals surface area (Å²) in [5.41, 5.74) is 2.05. The van der Waals surface area contributed by atoms with Crippen LogP contribution < -0.4 is 0 Å². The van der Waals surface area contributed by atoms with E-state index in [1.807, 2.05) is 40.7 Å². The monoisotopic (exact) mass is 321 g/mol. The van der Waals surface area contributed by atoms with E-state index in [1.54, 1.807) is 11.0 Å². The highest BCUT2D eigenvalue weighted by Gasteiger charge is 2.24. The molecule has 3 nitrogen and oxygen atoms in total. The van der Waals surface area contributed by atoms with Crippen molar-refractivity contribution in [2.75, 3.05) is 13.1 Å². The van der Waals surface area contributed by atoms with Gasteiger partial charge < -0.3 is 9.64 Å². The molecule has 1 amide bonds. The molecule has 0 fully saturated rings. The minimum absolute atomic E-state index is 0.255. The van der Waals surface area contributed by atoms with E-state index < -0.39 is 5.60 Å². The number of fused-ring (bicyclic) bond motifs is 1. The fourth-order valence-electron chi connectivity index (χ4n) is 2.43. The molecule has 0 aliphatic carbocycles. The van der Waals surface area contributed by atoms with Crippen LogP contribution in [0.1, 0.15) is 51.3 Å². The molecule has 0 saturated heterocycles. The Kier molecular flexibility index (Phi) is 6.79. The van der Waals surface area contributed by atoms with Gasteiger partial charge in [-0.2, -0.15) is 0 Å². The van der Waals surface area contributed by atoms with Crippen molar-refractivity contribution in [3.63, 3.8) is 0 Å². The van der Waals surface area contributed by atoms with Crippen molar-refractivity contribution in [2.45, 2.75) is 53.1 Å². The van der Waals surface area contributed by atoms with Crippen molar-refractivity contribution in [1.29, 1.82) is 0 Å². The average Bonchev–Trinajstić information content (AvgIpc) is 2.69. The maximum Gasteiger partial charge on any atom is 0.410 e. The first-order chi connectivity index (χ1) is 10.8. The lowest BCUT2D eigenvalue weighted by Crippen LogP contribution is -2.38. The molecule has 0 saturated carbocycles. The van der Waals surface area contributed by atoms with Crippen LogP contribution in [0, 0.1) is 5.82 Å². The molecule has 1 aromatic rings. The molecule has 0 bridgehead atoms. The number of hydrogen-bond acceptors (Lipinski definition) is 2. The first kappa shape index (κ1) is 19.2. The molecule has 128 valence electrons. The highest BCUT2D eigenvalue weighted by atomic mass is 19.1. The fourth-order valence-corrected chi connectivity index (χ4v) is 2.43. The molecule has 4 heteroatoms. The molecular formula is C19H28FNO2. The fraction of sp³-hybridized carbons (Fsp3) is 0.526. The summed E-state index contributed by atoms with van der Waals surface area (Å²) in [6.07, 6.45) is 2.56. The van der Waals surface area contributed by atoms with E-state index in [9.17, 15) is 9.18 Å². The van der Waals surface area contributed by atoms with E-state index in [0.717, 1.165) is 11.1 Å².